The summed E-state index contributed by atoms with van der Waals surface area (Å²) in [7, 11) is 0. The number of aromatic nitrogens is 5. The van der Waals surface area contributed by atoms with Crippen molar-refractivity contribution >= 4 is 11.7 Å². The Morgan fingerprint density at radius 3 is 2.67 bits per heavy atom. The summed E-state index contributed by atoms with van der Waals surface area (Å²) >= 11 is 0. The van der Waals surface area contributed by atoms with Gasteiger partial charge in [0.05, 0.1) is 23.8 Å². The quantitative estimate of drug-likeness (QED) is 0.654. The van der Waals surface area contributed by atoms with Gasteiger partial charge >= 0.3 is 0 Å². The summed E-state index contributed by atoms with van der Waals surface area (Å²) in [5.41, 5.74) is 1.30. The molecule has 3 heterocycles. The maximum atomic E-state index is 12.2. The second kappa shape index (κ2) is 8.35. The van der Waals surface area contributed by atoms with Gasteiger partial charge in [0.15, 0.2) is 5.82 Å². The van der Waals surface area contributed by atoms with Crippen LogP contribution in [0.3, 0.4) is 0 Å². The highest BCUT2D eigenvalue weighted by molar-refractivity contribution is 5.93. The molecule has 0 saturated carbocycles. The second-order valence-electron chi connectivity index (χ2n) is 6.32. The Bertz CT molecular complexity index is 878. The molecule has 3 rings (SSSR count). The van der Waals surface area contributed by atoms with Gasteiger partial charge in [-0.15, -0.1) is 0 Å². The molecule has 9 heteroatoms. The Balaban J connectivity index is 1.55. The lowest BCUT2D eigenvalue weighted by Crippen LogP contribution is -2.23. The molecule has 0 fully saturated rings. The van der Waals surface area contributed by atoms with Crippen molar-refractivity contribution in [2.75, 3.05) is 5.32 Å². The molecule has 0 aromatic carbocycles. The number of rotatable bonds is 7. The van der Waals surface area contributed by atoms with Crippen LogP contribution in [0.25, 0.3) is 0 Å². The maximum absolute atomic E-state index is 12.2. The van der Waals surface area contributed by atoms with Crippen LogP contribution in [0.15, 0.2) is 41.4 Å². The Morgan fingerprint density at radius 2 is 2.04 bits per heavy atom. The minimum atomic E-state index is -0.256. The third kappa shape index (κ3) is 4.84. The standard InChI is InChI=1S/C18H21N7O2/c1-11(2)18-24-16(25-27-18)9-21-17(26)13-4-5-15(20-8-13)23-12(3)14-6-7-19-10-22-14/h4-8,10-12H,9H2,1-3H3,(H,20,23)(H,21,26). The first-order chi connectivity index (χ1) is 13.0. The third-order valence-corrected chi connectivity index (χ3v) is 3.82. The largest absolute Gasteiger partial charge is 0.362 e. The number of anilines is 1. The molecule has 0 spiro atoms. The van der Waals surface area contributed by atoms with Crippen LogP contribution in [0, 0.1) is 0 Å². The van der Waals surface area contributed by atoms with Gasteiger partial charge in [-0.3, -0.25) is 4.79 Å². The summed E-state index contributed by atoms with van der Waals surface area (Å²) in [5, 5.41) is 9.82. The minimum Gasteiger partial charge on any atom is -0.362 e. The van der Waals surface area contributed by atoms with Gasteiger partial charge in [-0.1, -0.05) is 19.0 Å². The van der Waals surface area contributed by atoms with Crippen LogP contribution < -0.4 is 10.6 Å². The highest BCUT2D eigenvalue weighted by atomic mass is 16.5. The van der Waals surface area contributed by atoms with Crippen molar-refractivity contribution in [2.45, 2.75) is 39.3 Å². The van der Waals surface area contributed by atoms with Crippen molar-refractivity contribution in [1.82, 2.24) is 30.4 Å². The molecular formula is C18H21N7O2. The molecule has 3 aromatic heterocycles. The second-order valence-corrected chi connectivity index (χ2v) is 6.32. The Hall–Kier alpha value is -3.36. The van der Waals surface area contributed by atoms with Gasteiger partial charge in [-0.25, -0.2) is 15.0 Å². The average Bonchev–Trinajstić information content (AvgIpc) is 3.17. The van der Waals surface area contributed by atoms with Gasteiger partial charge in [-0.05, 0) is 25.1 Å². The molecule has 1 unspecified atom stereocenters. The predicted molar refractivity (Wildman–Crippen MR) is 97.9 cm³/mol. The molecule has 0 aliphatic heterocycles. The molecule has 0 aliphatic rings. The lowest BCUT2D eigenvalue weighted by atomic mass is 10.2. The first kappa shape index (κ1) is 18.4. The van der Waals surface area contributed by atoms with Gasteiger partial charge in [0.2, 0.25) is 5.89 Å². The summed E-state index contributed by atoms with van der Waals surface area (Å²) in [6, 6.07) is 5.25. The Morgan fingerprint density at radius 1 is 1.19 bits per heavy atom. The van der Waals surface area contributed by atoms with Crippen LogP contribution in [0.4, 0.5) is 5.82 Å². The molecule has 0 saturated heterocycles. The van der Waals surface area contributed by atoms with E-state index < -0.39 is 0 Å². The number of carbonyl (C=O) groups is 1. The zero-order chi connectivity index (χ0) is 19.2. The van der Waals surface area contributed by atoms with Gasteiger partial charge in [0, 0.05) is 18.3 Å². The SMILES string of the molecule is CC(C)c1nc(CNC(=O)c2ccc(NC(C)c3ccncn3)nc2)no1. The first-order valence-electron chi connectivity index (χ1n) is 8.62. The molecule has 3 aromatic rings. The van der Waals surface area contributed by atoms with E-state index in [4.69, 9.17) is 4.52 Å². The Labute approximate surface area is 156 Å². The maximum Gasteiger partial charge on any atom is 0.253 e. The van der Waals surface area contributed by atoms with Crippen LogP contribution >= 0.6 is 0 Å². The molecular weight excluding hydrogens is 346 g/mol. The summed E-state index contributed by atoms with van der Waals surface area (Å²) in [6.45, 7) is 6.09. The van der Waals surface area contributed by atoms with E-state index in [1.807, 2.05) is 26.8 Å². The van der Waals surface area contributed by atoms with E-state index in [9.17, 15) is 4.79 Å². The molecule has 1 atom stereocenters. The van der Waals surface area contributed by atoms with Gasteiger partial charge in [-0.2, -0.15) is 4.98 Å². The lowest BCUT2D eigenvalue weighted by Gasteiger charge is -2.13. The predicted octanol–water partition coefficient (Wildman–Crippen LogP) is 2.48. The fourth-order valence-electron chi connectivity index (χ4n) is 2.30. The first-order valence-corrected chi connectivity index (χ1v) is 8.62. The van der Waals surface area contributed by atoms with E-state index in [0.29, 0.717) is 23.1 Å². The summed E-state index contributed by atoms with van der Waals surface area (Å²) in [6.07, 6.45) is 4.71. The minimum absolute atomic E-state index is 0.0337. The van der Waals surface area contributed by atoms with E-state index >= 15 is 0 Å². The van der Waals surface area contributed by atoms with Crippen LogP contribution in [0.2, 0.25) is 0 Å². The van der Waals surface area contributed by atoms with Crippen molar-refractivity contribution < 1.29 is 9.32 Å². The van der Waals surface area contributed by atoms with Crippen LogP contribution in [0.1, 0.15) is 60.5 Å². The van der Waals surface area contributed by atoms with Crippen LogP contribution in [-0.2, 0) is 6.54 Å². The number of amides is 1. The molecule has 9 nitrogen and oxygen atoms in total. The molecule has 27 heavy (non-hydrogen) atoms. The average molecular weight is 367 g/mol. The normalized spacial score (nSPS) is 12.0. The Kier molecular flexibility index (Phi) is 5.70. The molecule has 140 valence electrons. The van der Waals surface area contributed by atoms with Gasteiger partial charge in [0.25, 0.3) is 5.91 Å². The van der Waals surface area contributed by atoms with E-state index in [2.05, 4.69) is 35.7 Å². The van der Waals surface area contributed by atoms with Crippen LogP contribution in [-0.4, -0.2) is 31.0 Å². The van der Waals surface area contributed by atoms with Gasteiger partial charge in [0.1, 0.15) is 12.1 Å². The monoisotopic (exact) mass is 367 g/mol. The number of nitrogens with zero attached hydrogens (tertiary/aromatic N) is 5. The molecule has 0 radical (unpaired) electrons. The number of hydrogen-bond acceptors (Lipinski definition) is 8. The molecule has 2 N–H and O–H groups in total. The lowest BCUT2D eigenvalue weighted by molar-refractivity contribution is 0.0949. The van der Waals surface area contributed by atoms with Gasteiger partial charge < -0.3 is 15.2 Å². The molecule has 1 amide bonds. The zero-order valence-electron chi connectivity index (χ0n) is 15.4. The zero-order valence-corrected chi connectivity index (χ0v) is 15.4. The van der Waals surface area contributed by atoms with Crippen molar-refractivity contribution in [2.24, 2.45) is 0 Å². The van der Waals surface area contributed by atoms with Crippen molar-refractivity contribution in [3.05, 3.63) is 59.9 Å². The fraction of sp³-hybridized carbons (Fsp3) is 0.333. The fourth-order valence-corrected chi connectivity index (χ4v) is 2.30. The number of pyridine rings is 1. The highest BCUT2D eigenvalue weighted by Gasteiger charge is 2.12. The number of nitrogens with one attached hydrogen (secondary N) is 2. The number of hydrogen-bond donors (Lipinski definition) is 2. The van der Waals surface area contributed by atoms with Crippen molar-refractivity contribution in [3.8, 4) is 0 Å². The summed E-state index contributed by atoms with van der Waals surface area (Å²) < 4.78 is 5.11. The van der Waals surface area contributed by atoms with E-state index in [1.165, 1.54) is 12.5 Å². The van der Waals surface area contributed by atoms with E-state index in [0.717, 1.165) is 5.69 Å². The smallest absolute Gasteiger partial charge is 0.253 e. The van der Waals surface area contributed by atoms with Crippen molar-refractivity contribution in [1.29, 1.82) is 0 Å². The van der Waals surface area contributed by atoms with Crippen molar-refractivity contribution in [3.63, 3.8) is 0 Å². The number of carbonyl (C=O) groups excluding carboxylic acids is 1. The summed E-state index contributed by atoms with van der Waals surface area (Å²) in [4.78, 5) is 28.8. The summed E-state index contributed by atoms with van der Waals surface area (Å²) in [5.74, 6) is 1.54. The van der Waals surface area contributed by atoms with E-state index in [1.54, 1.807) is 18.3 Å². The third-order valence-electron chi connectivity index (χ3n) is 3.82. The molecule has 0 aliphatic carbocycles. The van der Waals surface area contributed by atoms with E-state index in [-0.39, 0.29) is 24.4 Å². The molecule has 0 bridgehead atoms. The topological polar surface area (TPSA) is 119 Å². The van der Waals surface area contributed by atoms with Crippen LogP contribution in [0.5, 0.6) is 0 Å². The highest BCUT2D eigenvalue weighted by Crippen LogP contribution is 2.15.